The first-order valence-corrected chi connectivity index (χ1v) is 24.8. The maximum atomic E-state index is 13.5. The van der Waals surface area contributed by atoms with Crippen LogP contribution in [0.25, 0.3) is 0 Å². The summed E-state index contributed by atoms with van der Waals surface area (Å²) in [6.07, 6.45) is 17.0. The van der Waals surface area contributed by atoms with E-state index in [4.69, 9.17) is 24.2 Å². The second-order valence-corrected chi connectivity index (χ2v) is 19.3. The van der Waals surface area contributed by atoms with Crippen molar-refractivity contribution < 1.29 is 33.4 Å². The first-order valence-electron chi connectivity index (χ1n) is 24.8. The molecular formula is C52H72N6O7. The normalized spacial score (nSPS) is 19.7. The van der Waals surface area contributed by atoms with Crippen molar-refractivity contribution in [1.29, 1.82) is 0 Å². The van der Waals surface area contributed by atoms with Gasteiger partial charge in [0.15, 0.2) is 0 Å². The summed E-state index contributed by atoms with van der Waals surface area (Å²) >= 11 is 0. The molecule has 2 aromatic heterocycles. The van der Waals surface area contributed by atoms with Crippen LogP contribution in [-0.4, -0.2) is 85.2 Å². The number of carbonyl (C=O) groups excluding carboxylic acids is 4. The third kappa shape index (κ3) is 14.6. The van der Waals surface area contributed by atoms with E-state index in [2.05, 4.69) is 46.4 Å². The number of nitrogens with zero attached hydrogens (tertiary/aromatic N) is 4. The lowest BCUT2D eigenvalue weighted by Gasteiger charge is -2.34. The molecule has 2 atom stereocenters. The number of amides is 2. The highest BCUT2D eigenvalue weighted by Gasteiger charge is 2.30. The molecule has 2 saturated carbocycles. The summed E-state index contributed by atoms with van der Waals surface area (Å²) in [5.74, 6) is 1.20. The number of esters is 2. The SMILES string of the molecule is CC(C)CCOc1nc(N2CCCC(CC(=O)OC(=O)CC3CCCN(c4ccc(C(=O)NC5CCCCC5)c(OCCCc5ccccc5)n4)C3)C2)ccc1C(=O)NC1CCCCC1. The molecule has 352 valence electrons. The number of anilines is 2. The van der Waals surface area contributed by atoms with Gasteiger partial charge in [0.2, 0.25) is 11.8 Å². The van der Waals surface area contributed by atoms with Gasteiger partial charge in [-0.2, -0.15) is 9.97 Å². The highest BCUT2D eigenvalue weighted by Crippen LogP contribution is 2.31. The van der Waals surface area contributed by atoms with Crippen molar-refractivity contribution in [2.24, 2.45) is 17.8 Å². The molecule has 65 heavy (non-hydrogen) atoms. The molecule has 0 spiro atoms. The standard InChI is InChI=1S/C52H72N6O7/c1-37(2)28-32-64-52-44(50(62)54-42-22-10-5-11-23-42)25-27-46(56-52)58-30-13-18-40(36-58)34-48(60)65-47(59)33-39-17-12-29-57(35-39)45-26-24-43(49(61)53-41-20-8-4-9-21-41)51(55-45)63-31-14-19-38-15-6-3-7-16-38/h3,6-7,15-16,24-27,37,39-42H,4-5,8-14,17-23,28-36H2,1-2H3,(H,53,61)(H,54,62). The predicted molar refractivity (Wildman–Crippen MR) is 253 cm³/mol. The van der Waals surface area contributed by atoms with E-state index < -0.39 is 11.9 Å². The quantitative estimate of drug-likeness (QED) is 0.0674. The topological polar surface area (TPSA) is 152 Å². The van der Waals surface area contributed by atoms with E-state index in [0.29, 0.717) is 66.7 Å². The number of hydrogen-bond acceptors (Lipinski definition) is 11. The molecule has 7 rings (SSSR count). The molecular weight excluding hydrogens is 821 g/mol. The Kier molecular flexibility index (Phi) is 17.9. The summed E-state index contributed by atoms with van der Waals surface area (Å²) in [4.78, 5) is 67.5. The Hall–Kier alpha value is -5.20. The highest BCUT2D eigenvalue weighted by atomic mass is 16.6. The average Bonchev–Trinajstić information content (AvgIpc) is 3.31. The summed E-state index contributed by atoms with van der Waals surface area (Å²) in [7, 11) is 0. The zero-order valence-electron chi connectivity index (χ0n) is 38.9. The Morgan fingerprint density at radius 1 is 0.615 bits per heavy atom. The maximum Gasteiger partial charge on any atom is 0.313 e. The molecule has 0 bridgehead atoms. The lowest BCUT2D eigenvalue weighted by Crippen LogP contribution is -2.38. The third-order valence-corrected chi connectivity index (χ3v) is 13.5. The van der Waals surface area contributed by atoms with Crippen LogP contribution in [0.3, 0.4) is 0 Å². The Morgan fingerprint density at radius 3 is 1.60 bits per heavy atom. The molecule has 13 heteroatoms. The van der Waals surface area contributed by atoms with Crippen LogP contribution < -0.4 is 29.9 Å². The fraction of sp³-hybridized carbons (Fsp3) is 0.615. The van der Waals surface area contributed by atoms with Crippen LogP contribution in [0.5, 0.6) is 11.8 Å². The van der Waals surface area contributed by atoms with E-state index in [1.165, 1.54) is 18.4 Å². The maximum absolute atomic E-state index is 13.5. The summed E-state index contributed by atoms with van der Waals surface area (Å²) in [5.41, 5.74) is 2.12. The molecule has 0 radical (unpaired) electrons. The van der Waals surface area contributed by atoms with E-state index in [-0.39, 0.29) is 48.6 Å². The molecule has 2 saturated heterocycles. The summed E-state index contributed by atoms with van der Waals surface area (Å²) in [6, 6.07) is 18.0. The number of aromatic nitrogens is 2. The number of aryl methyl sites for hydroxylation is 1. The smallest absolute Gasteiger partial charge is 0.313 e. The molecule has 4 fully saturated rings. The third-order valence-electron chi connectivity index (χ3n) is 13.5. The van der Waals surface area contributed by atoms with Gasteiger partial charge in [-0.25, -0.2) is 0 Å². The van der Waals surface area contributed by atoms with Gasteiger partial charge in [0, 0.05) is 38.3 Å². The molecule has 2 aliphatic heterocycles. The number of piperidine rings is 2. The highest BCUT2D eigenvalue weighted by molar-refractivity contribution is 5.97. The monoisotopic (exact) mass is 893 g/mol. The Morgan fingerprint density at radius 2 is 1.11 bits per heavy atom. The first kappa shape index (κ1) is 47.8. The minimum absolute atomic E-state index is 0.0100. The van der Waals surface area contributed by atoms with Crippen LogP contribution in [0.15, 0.2) is 54.6 Å². The van der Waals surface area contributed by atoms with Gasteiger partial charge in [0.05, 0.1) is 26.1 Å². The van der Waals surface area contributed by atoms with Gasteiger partial charge < -0.3 is 34.6 Å². The first-order chi connectivity index (χ1) is 31.7. The van der Waals surface area contributed by atoms with Gasteiger partial charge in [0.25, 0.3) is 11.8 Å². The molecule has 2 unspecified atom stereocenters. The van der Waals surface area contributed by atoms with E-state index >= 15 is 0 Å². The van der Waals surface area contributed by atoms with Crippen molar-refractivity contribution in [2.45, 2.75) is 148 Å². The number of hydrogen-bond donors (Lipinski definition) is 2. The van der Waals surface area contributed by atoms with Gasteiger partial charge in [-0.15, -0.1) is 0 Å². The summed E-state index contributed by atoms with van der Waals surface area (Å²) < 4.78 is 17.9. The van der Waals surface area contributed by atoms with E-state index in [9.17, 15) is 19.2 Å². The largest absolute Gasteiger partial charge is 0.477 e. The molecule has 4 aliphatic rings. The van der Waals surface area contributed by atoms with E-state index in [1.54, 1.807) is 0 Å². The Balaban J connectivity index is 0.917. The van der Waals surface area contributed by atoms with E-state index in [1.807, 2.05) is 42.5 Å². The number of carbonyl (C=O) groups is 4. The number of pyridine rings is 2. The van der Waals surface area contributed by atoms with Crippen molar-refractivity contribution >= 4 is 35.4 Å². The van der Waals surface area contributed by atoms with Crippen LogP contribution in [0.2, 0.25) is 0 Å². The second kappa shape index (κ2) is 24.4. The molecule has 3 aromatic rings. The van der Waals surface area contributed by atoms with E-state index in [0.717, 1.165) is 109 Å². The molecule has 1 aromatic carbocycles. The van der Waals surface area contributed by atoms with Crippen LogP contribution >= 0.6 is 0 Å². The Bertz CT molecular complexity index is 2020. The molecule has 4 heterocycles. The van der Waals surface area contributed by atoms with Gasteiger partial charge in [-0.1, -0.05) is 82.7 Å². The molecule has 2 aliphatic carbocycles. The van der Waals surface area contributed by atoms with Gasteiger partial charge in [0.1, 0.15) is 22.8 Å². The van der Waals surface area contributed by atoms with Gasteiger partial charge in [-0.05, 0) is 118 Å². The van der Waals surface area contributed by atoms with Crippen molar-refractivity contribution in [3.63, 3.8) is 0 Å². The van der Waals surface area contributed by atoms with Crippen LogP contribution in [0.4, 0.5) is 11.6 Å². The number of benzene rings is 1. The van der Waals surface area contributed by atoms with Crippen LogP contribution in [0.1, 0.15) is 156 Å². The fourth-order valence-corrected chi connectivity index (χ4v) is 9.84. The molecule has 2 N–H and O–H groups in total. The van der Waals surface area contributed by atoms with Crippen LogP contribution in [-0.2, 0) is 20.7 Å². The lowest BCUT2D eigenvalue weighted by atomic mass is 9.94. The van der Waals surface area contributed by atoms with Gasteiger partial charge >= 0.3 is 11.9 Å². The molecule has 2 amide bonds. The lowest BCUT2D eigenvalue weighted by molar-refractivity contribution is -0.161. The second-order valence-electron chi connectivity index (χ2n) is 19.3. The summed E-state index contributed by atoms with van der Waals surface area (Å²) in [6.45, 7) is 7.85. The average molecular weight is 893 g/mol. The fourth-order valence-electron chi connectivity index (χ4n) is 9.84. The number of nitrogens with one attached hydrogen (secondary N) is 2. The zero-order valence-corrected chi connectivity index (χ0v) is 38.9. The minimum atomic E-state index is -0.508. The predicted octanol–water partition coefficient (Wildman–Crippen LogP) is 9.02. The Labute approximate surface area is 386 Å². The number of rotatable bonds is 19. The van der Waals surface area contributed by atoms with Crippen molar-refractivity contribution in [3.8, 4) is 11.8 Å². The minimum Gasteiger partial charge on any atom is -0.477 e. The van der Waals surface area contributed by atoms with Crippen molar-refractivity contribution in [2.75, 3.05) is 49.2 Å². The van der Waals surface area contributed by atoms with Crippen molar-refractivity contribution in [1.82, 2.24) is 20.6 Å². The number of ether oxygens (including phenoxy) is 3. The summed E-state index contributed by atoms with van der Waals surface area (Å²) in [5, 5.41) is 6.43. The molecule has 13 nitrogen and oxygen atoms in total. The van der Waals surface area contributed by atoms with Crippen molar-refractivity contribution in [3.05, 3.63) is 71.3 Å². The zero-order chi connectivity index (χ0) is 45.4. The van der Waals surface area contributed by atoms with Crippen LogP contribution in [0, 0.1) is 17.8 Å². The van der Waals surface area contributed by atoms with Gasteiger partial charge in [-0.3, -0.25) is 19.2 Å².